The van der Waals surface area contributed by atoms with Gasteiger partial charge >= 0.3 is 0 Å². The Morgan fingerprint density at radius 1 is 1.05 bits per heavy atom. The van der Waals surface area contributed by atoms with E-state index in [1.807, 2.05) is 77.2 Å². The number of nitrogens with one attached hydrogen (secondary N) is 1. The van der Waals surface area contributed by atoms with Crippen LogP contribution in [0.15, 0.2) is 68.8 Å². The van der Waals surface area contributed by atoms with Gasteiger partial charge in [0.05, 0.1) is 22.8 Å². The lowest BCUT2D eigenvalue weighted by molar-refractivity contribution is -0.118. The first-order valence-electron chi connectivity index (χ1n) is 12.2. The molecular weight excluding hydrogens is 488 g/mol. The van der Waals surface area contributed by atoms with Crippen molar-refractivity contribution in [3.05, 3.63) is 74.8 Å². The fourth-order valence-electron chi connectivity index (χ4n) is 4.72. The summed E-state index contributed by atoms with van der Waals surface area (Å²) in [4.78, 5) is 30.8. The highest BCUT2D eigenvalue weighted by molar-refractivity contribution is 7.07. The number of carbonyl (C=O) groups excluding carboxylic acids is 1. The maximum Gasteiger partial charge on any atom is 0.297 e. The quantitative estimate of drug-likeness (QED) is 0.439. The minimum absolute atomic E-state index is 0.0123. The highest BCUT2D eigenvalue weighted by atomic mass is 32.1. The van der Waals surface area contributed by atoms with Gasteiger partial charge < -0.3 is 10.1 Å². The van der Waals surface area contributed by atoms with Crippen molar-refractivity contribution in [3.63, 3.8) is 0 Å². The number of ether oxygens (including phenoxy) is 1. The average Bonchev–Trinajstić information content (AvgIpc) is 3.61. The van der Waals surface area contributed by atoms with E-state index < -0.39 is 0 Å². The second-order valence-corrected chi connectivity index (χ2v) is 9.99. The smallest absolute Gasteiger partial charge is 0.297 e. The van der Waals surface area contributed by atoms with Crippen LogP contribution in [0.25, 0.3) is 16.9 Å². The summed E-state index contributed by atoms with van der Waals surface area (Å²) in [5.74, 6) is 0.456. The van der Waals surface area contributed by atoms with E-state index in [0.29, 0.717) is 21.9 Å². The number of thiazole rings is 1. The van der Waals surface area contributed by atoms with Crippen LogP contribution >= 0.6 is 11.3 Å². The molecule has 1 aliphatic heterocycles. The molecule has 2 aromatic heterocycles. The van der Waals surface area contributed by atoms with Crippen LogP contribution in [-0.2, 0) is 11.8 Å². The molecule has 0 saturated heterocycles. The van der Waals surface area contributed by atoms with Crippen molar-refractivity contribution in [3.8, 4) is 22.7 Å². The lowest BCUT2D eigenvalue weighted by atomic mass is 10.1. The second kappa shape index (κ2) is 9.36. The number of fused-ring (bicyclic) bond motifs is 1. The van der Waals surface area contributed by atoms with Crippen molar-refractivity contribution in [2.24, 2.45) is 17.1 Å². The van der Waals surface area contributed by atoms with Crippen LogP contribution < -0.4 is 20.4 Å². The number of nitrogens with zero attached hydrogens (tertiary/aromatic N) is 5. The zero-order valence-corrected chi connectivity index (χ0v) is 21.4. The number of aromatic nitrogens is 3. The normalized spacial score (nSPS) is 15.5. The highest BCUT2D eigenvalue weighted by Crippen LogP contribution is 2.33. The summed E-state index contributed by atoms with van der Waals surface area (Å²) < 4.78 is 10.8. The Bertz CT molecular complexity index is 1660. The van der Waals surface area contributed by atoms with E-state index in [1.54, 1.807) is 4.68 Å². The van der Waals surface area contributed by atoms with Gasteiger partial charge in [-0.05, 0) is 62.9 Å². The van der Waals surface area contributed by atoms with Gasteiger partial charge in [0.2, 0.25) is 4.80 Å². The number of benzene rings is 2. The number of rotatable bonds is 4. The maximum atomic E-state index is 13.5. The molecule has 6 rings (SSSR count). The van der Waals surface area contributed by atoms with Crippen molar-refractivity contribution in [2.45, 2.75) is 32.6 Å². The Labute approximate surface area is 217 Å². The largest absolute Gasteiger partial charge is 0.482 e. The number of carbonyl (C=O) groups is 1. The van der Waals surface area contributed by atoms with Crippen LogP contribution in [0.4, 0.5) is 11.4 Å². The third kappa shape index (κ3) is 4.23. The molecule has 10 heteroatoms. The van der Waals surface area contributed by atoms with Gasteiger partial charge in [0.1, 0.15) is 5.75 Å². The van der Waals surface area contributed by atoms with Gasteiger partial charge in [-0.3, -0.25) is 14.3 Å². The average molecular weight is 515 g/mol. The second-order valence-electron chi connectivity index (χ2n) is 9.16. The maximum absolute atomic E-state index is 13.5. The number of para-hydroxylation sites is 1. The number of amides is 1. The van der Waals surface area contributed by atoms with Gasteiger partial charge in [0.15, 0.2) is 12.3 Å². The molecule has 1 aliphatic carbocycles. The van der Waals surface area contributed by atoms with Crippen LogP contribution in [0.2, 0.25) is 0 Å². The Balaban J connectivity index is 1.52. The molecule has 1 amide bonds. The van der Waals surface area contributed by atoms with E-state index in [1.165, 1.54) is 11.3 Å². The Morgan fingerprint density at radius 2 is 1.84 bits per heavy atom. The predicted octanol–water partition coefficient (Wildman–Crippen LogP) is 4.36. The Kier molecular flexibility index (Phi) is 5.88. The van der Waals surface area contributed by atoms with E-state index >= 15 is 0 Å². The molecule has 0 spiro atoms. The first kappa shape index (κ1) is 23.2. The third-order valence-corrected chi connectivity index (χ3v) is 7.56. The van der Waals surface area contributed by atoms with Gasteiger partial charge in [-0.15, -0.1) is 11.3 Å². The highest BCUT2D eigenvalue weighted by Gasteiger charge is 2.20. The molecule has 37 heavy (non-hydrogen) atoms. The van der Waals surface area contributed by atoms with Gasteiger partial charge in [-0.2, -0.15) is 5.10 Å². The summed E-state index contributed by atoms with van der Waals surface area (Å²) in [5.41, 5.74) is 5.19. The molecule has 0 atom stereocenters. The molecule has 1 fully saturated rings. The fourth-order valence-corrected chi connectivity index (χ4v) is 5.55. The van der Waals surface area contributed by atoms with Crippen molar-refractivity contribution in [1.29, 1.82) is 0 Å². The Hall–Kier alpha value is -4.18. The standard InChI is InChI=1S/C27H26N6O3S/c1-17-25(26(35)33(31(17)2)20-10-4-3-5-11-20)29-27-32(30-19-8-6-7-9-19)22(16-37-27)18-12-13-23-21(14-18)28-24(34)15-36-23/h3-5,10-14,16H,6-9,15H2,1-2H3,(H,28,34). The topological polar surface area (TPSA) is 94.9 Å². The van der Waals surface area contributed by atoms with Crippen molar-refractivity contribution < 1.29 is 9.53 Å². The summed E-state index contributed by atoms with van der Waals surface area (Å²) in [6.45, 7) is 1.91. The molecule has 9 nitrogen and oxygen atoms in total. The van der Waals surface area contributed by atoms with Crippen LogP contribution in [0.3, 0.4) is 0 Å². The van der Waals surface area contributed by atoms with Crippen LogP contribution in [0.5, 0.6) is 5.75 Å². The monoisotopic (exact) mass is 514 g/mol. The molecule has 4 aromatic rings. The molecule has 188 valence electrons. The van der Waals surface area contributed by atoms with E-state index in [0.717, 1.165) is 54.0 Å². The molecule has 2 aliphatic rings. The number of hydrogen-bond donors (Lipinski definition) is 1. The fraction of sp³-hybridized carbons (Fsp3) is 0.259. The minimum atomic E-state index is -0.185. The van der Waals surface area contributed by atoms with E-state index in [-0.39, 0.29) is 18.1 Å². The zero-order valence-electron chi connectivity index (χ0n) is 20.6. The summed E-state index contributed by atoms with van der Waals surface area (Å²) >= 11 is 1.43. The third-order valence-electron chi connectivity index (χ3n) is 6.75. The minimum Gasteiger partial charge on any atom is -0.482 e. The van der Waals surface area contributed by atoms with E-state index in [9.17, 15) is 9.59 Å². The first-order valence-corrected chi connectivity index (χ1v) is 13.1. The van der Waals surface area contributed by atoms with Crippen molar-refractivity contribution in [2.75, 3.05) is 11.9 Å². The summed E-state index contributed by atoms with van der Waals surface area (Å²) in [6.07, 6.45) is 4.13. The molecule has 2 aromatic carbocycles. The van der Waals surface area contributed by atoms with Gasteiger partial charge in [-0.25, -0.2) is 14.4 Å². The lowest BCUT2D eigenvalue weighted by Crippen LogP contribution is -2.25. The van der Waals surface area contributed by atoms with Crippen molar-refractivity contribution >= 4 is 34.3 Å². The predicted molar refractivity (Wildman–Crippen MR) is 144 cm³/mol. The van der Waals surface area contributed by atoms with Crippen LogP contribution in [-0.4, -0.2) is 32.3 Å². The molecule has 3 heterocycles. The Morgan fingerprint density at radius 3 is 2.62 bits per heavy atom. The van der Waals surface area contributed by atoms with Crippen molar-refractivity contribution in [1.82, 2.24) is 14.0 Å². The molecule has 1 N–H and O–H groups in total. The van der Waals surface area contributed by atoms with Gasteiger partial charge in [-0.1, -0.05) is 18.2 Å². The molecule has 0 bridgehead atoms. The molecule has 0 unspecified atom stereocenters. The first-order chi connectivity index (χ1) is 18.0. The SMILES string of the molecule is Cc1c(N=c2scc(-c3ccc4c(c3)NC(=O)CO4)n2N=C2CCCC2)c(=O)n(-c2ccccc2)n1C. The zero-order chi connectivity index (χ0) is 25.5. The number of hydrogen-bond acceptors (Lipinski definition) is 6. The van der Waals surface area contributed by atoms with Crippen LogP contribution in [0.1, 0.15) is 31.4 Å². The molecular formula is C27H26N6O3S. The molecule has 0 radical (unpaired) electrons. The molecule has 1 saturated carbocycles. The van der Waals surface area contributed by atoms with E-state index in [4.69, 9.17) is 14.8 Å². The summed E-state index contributed by atoms with van der Waals surface area (Å²) in [7, 11) is 1.86. The van der Waals surface area contributed by atoms with Crippen LogP contribution in [0, 0.1) is 6.92 Å². The summed E-state index contributed by atoms with van der Waals surface area (Å²) in [6, 6.07) is 15.2. The van der Waals surface area contributed by atoms with E-state index in [2.05, 4.69) is 5.32 Å². The van der Waals surface area contributed by atoms with Gasteiger partial charge in [0.25, 0.3) is 11.5 Å². The summed E-state index contributed by atoms with van der Waals surface area (Å²) in [5, 5.41) is 9.84. The lowest BCUT2D eigenvalue weighted by Gasteiger charge is -2.18. The van der Waals surface area contributed by atoms with Gasteiger partial charge in [0, 0.05) is 23.7 Å². The number of anilines is 1.